The molecule has 2 aromatic rings. The molecule has 120 valence electrons. The fourth-order valence-electron chi connectivity index (χ4n) is 3.00. The van der Waals surface area contributed by atoms with E-state index in [4.69, 9.17) is 4.42 Å². The van der Waals surface area contributed by atoms with Gasteiger partial charge in [0.2, 0.25) is 5.89 Å². The van der Waals surface area contributed by atoms with E-state index in [0.29, 0.717) is 6.04 Å². The second-order valence-corrected chi connectivity index (χ2v) is 7.22. The number of aromatic nitrogens is 3. The number of likely N-dealkylation sites (tertiary alicyclic amines) is 1. The Morgan fingerprint density at radius 3 is 2.86 bits per heavy atom. The topological polar surface area (TPSA) is 47.1 Å². The summed E-state index contributed by atoms with van der Waals surface area (Å²) in [5, 5.41) is 4.34. The standard InChI is InChI=1S/C17H26N4O/c1-17(2,3)15-11-18-16(22-15)13-20-9-5-4-7-14(20)12-21-10-6-8-19-21/h6,8,10-11,14H,4-5,7,9,12-13H2,1-3H3/t14-/m0/s1. The second-order valence-electron chi connectivity index (χ2n) is 7.22. The predicted octanol–water partition coefficient (Wildman–Crippen LogP) is 3.22. The molecular weight excluding hydrogens is 276 g/mol. The fourth-order valence-corrected chi connectivity index (χ4v) is 3.00. The van der Waals surface area contributed by atoms with Crippen LogP contribution in [0.3, 0.4) is 0 Å². The molecule has 22 heavy (non-hydrogen) atoms. The molecule has 5 nitrogen and oxygen atoms in total. The zero-order valence-electron chi connectivity index (χ0n) is 13.8. The smallest absolute Gasteiger partial charge is 0.208 e. The van der Waals surface area contributed by atoms with Crippen molar-refractivity contribution in [1.82, 2.24) is 19.7 Å². The van der Waals surface area contributed by atoms with Crippen LogP contribution in [-0.4, -0.2) is 32.3 Å². The molecule has 0 bridgehead atoms. The molecule has 1 aliphatic heterocycles. The molecule has 5 heteroatoms. The van der Waals surface area contributed by atoms with Crippen LogP contribution in [-0.2, 0) is 18.5 Å². The van der Waals surface area contributed by atoms with Crippen molar-refractivity contribution in [2.24, 2.45) is 0 Å². The van der Waals surface area contributed by atoms with E-state index < -0.39 is 0 Å². The molecule has 0 aromatic carbocycles. The van der Waals surface area contributed by atoms with Crippen molar-refractivity contribution in [1.29, 1.82) is 0 Å². The van der Waals surface area contributed by atoms with Crippen LogP contribution >= 0.6 is 0 Å². The van der Waals surface area contributed by atoms with Gasteiger partial charge < -0.3 is 4.42 Å². The third-order valence-electron chi connectivity index (χ3n) is 4.34. The first kappa shape index (κ1) is 15.3. The van der Waals surface area contributed by atoms with Gasteiger partial charge in [0, 0.05) is 23.9 Å². The molecule has 0 aliphatic carbocycles. The van der Waals surface area contributed by atoms with Crippen LogP contribution < -0.4 is 0 Å². The minimum atomic E-state index is 0.0155. The third-order valence-corrected chi connectivity index (χ3v) is 4.34. The summed E-state index contributed by atoms with van der Waals surface area (Å²) in [5.41, 5.74) is 0.0155. The highest BCUT2D eigenvalue weighted by Gasteiger charge is 2.25. The van der Waals surface area contributed by atoms with Crippen LogP contribution in [0.4, 0.5) is 0 Å². The first-order chi connectivity index (χ1) is 10.5. The van der Waals surface area contributed by atoms with Gasteiger partial charge in [0.05, 0.1) is 19.3 Å². The molecule has 0 saturated carbocycles. The molecule has 0 unspecified atom stereocenters. The lowest BCUT2D eigenvalue weighted by molar-refractivity contribution is 0.110. The highest BCUT2D eigenvalue weighted by Crippen LogP contribution is 2.25. The monoisotopic (exact) mass is 302 g/mol. The van der Waals surface area contributed by atoms with Crippen molar-refractivity contribution in [2.75, 3.05) is 6.54 Å². The molecule has 1 saturated heterocycles. The minimum absolute atomic E-state index is 0.0155. The van der Waals surface area contributed by atoms with E-state index in [1.807, 2.05) is 29.3 Å². The number of hydrogen-bond donors (Lipinski definition) is 0. The van der Waals surface area contributed by atoms with Crippen LogP contribution in [0.2, 0.25) is 0 Å². The summed E-state index contributed by atoms with van der Waals surface area (Å²) in [6.07, 6.45) is 9.52. The summed E-state index contributed by atoms with van der Waals surface area (Å²) >= 11 is 0. The molecule has 0 N–H and O–H groups in total. The first-order valence-electron chi connectivity index (χ1n) is 8.19. The Morgan fingerprint density at radius 2 is 2.18 bits per heavy atom. The van der Waals surface area contributed by atoms with Crippen molar-refractivity contribution >= 4 is 0 Å². The van der Waals surface area contributed by atoms with Gasteiger partial charge in [-0.3, -0.25) is 9.58 Å². The predicted molar refractivity (Wildman–Crippen MR) is 85.5 cm³/mol. The molecule has 3 rings (SSSR count). The van der Waals surface area contributed by atoms with Gasteiger partial charge in [0.1, 0.15) is 5.76 Å². The van der Waals surface area contributed by atoms with Crippen LogP contribution in [0.25, 0.3) is 0 Å². The second kappa shape index (κ2) is 6.24. The lowest BCUT2D eigenvalue weighted by atomic mass is 9.94. The van der Waals surface area contributed by atoms with Gasteiger partial charge in [0.15, 0.2) is 0 Å². The van der Waals surface area contributed by atoms with Gasteiger partial charge in [-0.1, -0.05) is 27.2 Å². The maximum atomic E-state index is 5.96. The number of nitrogens with zero attached hydrogens (tertiary/aromatic N) is 4. The Bertz CT molecular complexity index is 582. The van der Waals surface area contributed by atoms with E-state index in [-0.39, 0.29) is 5.41 Å². The van der Waals surface area contributed by atoms with Crippen LogP contribution in [0.15, 0.2) is 29.1 Å². The molecule has 0 spiro atoms. The average Bonchev–Trinajstić information content (AvgIpc) is 3.11. The maximum absolute atomic E-state index is 5.96. The van der Waals surface area contributed by atoms with E-state index in [1.165, 1.54) is 19.3 Å². The minimum Gasteiger partial charge on any atom is -0.444 e. The molecule has 1 atom stereocenters. The molecule has 2 aromatic heterocycles. The Labute approximate surface area is 132 Å². The lowest BCUT2D eigenvalue weighted by Gasteiger charge is -2.34. The largest absolute Gasteiger partial charge is 0.444 e. The van der Waals surface area contributed by atoms with Gasteiger partial charge in [0.25, 0.3) is 0 Å². The number of hydrogen-bond acceptors (Lipinski definition) is 4. The third kappa shape index (κ3) is 3.58. The maximum Gasteiger partial charge on any atom is 0.208 e. The molecule has 0 radical (unpaired) electrons. The SMILES string of the molecule is CC(C)(C)c1cnc(CN2CCCC[C@H]2Cn2cccn2)o1. The van der Waals surface area contributed by atoms with E-state index >= 15 is 0 Å². The summed E-state index contributed by atoms with van der Waals surface area (Å²) in [4.78, 5) is 6.97. The van der Waals surface area contributed by atoms with Crippen molar-refractivity contribution in [3.8, 4) is 0 Å². The Kier molecular flexibility index (Phi) is 4.34. The van der Waals surface area contributed by atoms with Gasteiger partial charge in [-0.25, -0.2) is 4.98 Å². The van der Waals surface area contributed by atoms with Gasteiger partial charge >= 0.3 is 0 Å². The zero-order valence-corrected chi connectivity index (χ0v) is 13.8. The van der Waals surface area contributed by atoms with Crippen molar-refractivity contribution in [2.45, 2.75) is 64.6 Å². The van der Waals surface area contributed by atoms with Gasteiger partial charge in [-0.05, 0) is 25.5 Å². The molecular formula is C17H26N4O. The molecule has 0 amide bonds. The molecule has 3 heterocycles. The lowest BCUT2D eigenvalue weighted by Crippen LogP contribution is -2.41. The van der Waals surface area contributed by atoms with Crippen molar-refractivity contribution in [3.05, 3.63) is 36.3 Å². The summed E-state index contributed by atoms with van der Waals surface area (Å²) in [6, 6.07) is 2.50. The van der Waals surface area contributed by atoms with E-state index in [2.05, 4.69) is 35.8 Å². The number of piperidine rings is 1. The van der Waals surface area contributed by atoms with Crippen LogP contribution in [0, 0.1) is 0 Å². The highest BCUT2D eigenvalue weighted by atomic mass is 16.4. The normalized spacial score (nSPS) is 20.4. The van der Waals surface area contributed by atoms with E-state index in [1.54, 1.807) is 0 Å². The Balaban J connectivity index is 1.67. The van der Waals surface area contributed by atoms with Crippen LogP contribution in [0.5, 0.6) is 0 Å². The van der Waals surface area contributed by atoms with E-state index in [0.717, 1.165) is 31.3 Å². The Morgan fingerprint density at radius 1 is 1.32 bits per heavy atom. The summed E-state index contributed by atoms with van der Waals surface area (Å²) < 4.78 is 7.99. The number of rotatable bonds is 4. The highest BCUT2D eigenvalue weighted by molar-refractivity contribution is 5.06. The summed E-state index contributed by atoms with van der Waals surface area (Å²) in [7, 11) is 0. The number of oxazole rings is 1. The summed E-state index contributed by atoms with van der Waals surface area (Å²) in [5.74, 6) is 1.79. The Hall–Kier alpha value is -1.62. The average molecular weight is 302 g/mol. The van der Waals surface area contributed by atoms with Crippen LogP contribution in [0.1, 0.15) is 51.7 Å². The van der Waals surface area contributed by atoms with E-state index in [9.17, 15) is 0 Å². The molecule has 1 aliphatic rings. The van der Waals surface area contributed by atoms with Gasteiger partial charge in [-0.15, -0.1) is 0 Å². The fraction of sp³-hybridized carbons (Fsp3) is 0.647. The first-order valence-corrected chi connectivity index (χ1v) is 8.19. The molecule has 1 fully saturated rings. The van der Waals surface area contributed by atoms with Crippen molar-refractivity contribution in [3.63, 3.8) is 0 Å². The van der Waals surface area contributed by atoms with Crippen molar-refractivity contribution < 1.29 is 4.42 Å². The van der Waals surface area contributed by atoms with Gasteiger partial charge in [-0.2, -0.15) is 5.10 Å². The summed E-state index contributed by atoms with van der Waals surface area (Å²) in [6.45, 7) is 9.30. The quantitative estimate of drug-likeness (QED) is 0.870. The zero-order chi connectivity index (χ0) is 15.6.